The number of benzene rings is 8. The lowest BCUT2D eigenvalue weighted by molar-refractivity contribution is 0.0478. The van der Waals surface area contributed by atoms with Crippen molar-refractivity contribution in [1.82, 2.24) is 0 Å². The van der Waals surface area contributed by atoms with E-state index in [1.54, 1.807) is 0 Å². The van der Waals surface area contributed by atoms with Gasteiger partial charge in [-0.15, -0.1) is 0 Å². The smallest absolute Gasteiger partial charge is 0.413 e. The van der Waals surface area contributed by atoms with Crippen LogP contribution in [0.25, 0.3) is 0 Å². The fourth-order valence-corrected chi connectivity index (χ4v) is 81.1. The third-order valence-electron chi connectivity index (χ3n) is 27.0. The van der Waals surface area contributed by atoms with Gasteiger partial charge in [-0.1, -0.05) is 275 Å². The zero-order valence-electron chi connectivity index (χ0n) is 69.8. The predicted octanol–water partition coefficient (Wildman–Crippen LogP) is 14.5. The molecule has 12 fully saturated rings. The summed E-state index contributed by atoms with van der Waals surface area (Å²) in [7, 11) is -54.9. The van der Waals surface area contributed by atoms with Crippen molar-refractivity contribution in [3.05, 3.63) is 243 Å². The summed E-state index contributed by atoms with van der Waals surface area (Å²) in [4.78, 5) is 0. The monoisotopic (exact) mass is 1790 g/mol. The van der Waals surface area contributed by atoms with Gasteiger partial charge < -0.3 is 71.8 Å². The molecular formula is C89H118O17Si12. The molecule has 14 unspecified atom stereocenters. The molecule has 0 spiro atoms. The van der Waals surface area contributed by atoms with Crippen LogP contribution in [0.5, 0.6) is 0 Å². The molecule has 17 nitrogen and oxygen atoms in total. The number of rotatable bonds is 28. The van der Waals surface area contributed by atoms with Crippen LogP contribution in [0.1, 0.15) is 109 Å². The summed E-state index contributed by atoms with van der Waals surface area (Å²) in [5.41, 5.74) is 0. The highest BCUT2D eigenvalue weighted by Crippen LogP contribution is 2.54. The van der Waals surface area contributed by atoms with Gasteiger partial charge in [0.25, 0.3) is 0 Å². The maximum atomic E-state index is 9.43. The summed E-state index contributed by atoms with van der Waals surface area (Å²) in [6.45, 7) is 18.6. The van der Waals surface area contributed by atoms with Crippen LogP contribution in [-0.2, 0) is 71.8 Å². The first kappa shape index (κ1) is 83.2. The molecule has 8 aromatic carbocycles. The molecule has 118 heavy (non-hydrogen) atoms. The zero-order valence-corrected chi connectivity index (χ0v) is 81.8. The highest BCUT2D eigenvalue weighted by atomic mass is 28.6. The average molecular weight is 1800 g/mol. The van der Waals surface area contributed by atoms with Crippen LogP contribution in [0.2, 0.25) is 76.6 Å². The first-order valence-electron chi connectivity index (χ1n) is 44.1. The quantitative estimate of drug-likeness (QED) is 0.0335. The molecule has 7 saturated heterocycles. The maximum absolute atomic E-state index is 9.43. The third kappa shape index (κ3) is 18.0. The van der Waals surface area contributed by atoms with Crippen LogP contribution in [0, 0.1) is 35.5 Å². The summed E-state index contributed by atoms with van der Waals surface area (Å²) < 4.78 is 146. The summed E-state index contributed by atoms with van der Waals surface area (Å²) in [5.74, 6) is 3.53. The van der Waals surface area contributed by atoms with Gasteiger partial charge in [0, 0.05) is 41.5 Å². The van der Waals surface area contributed by atoms with Gasteiger partial charge in [-0.2, -0.15) is 0 Å². The SMILES string of the molecule is C[Si](C)(CCC1CCC2CC2C1)O[Si]1(c2ccccc2)O[Si]2(c3ccccc3)O[Si](O[Si](C)(C)CCC3CCC4OC4C3)(c3ccccc3)O[Si](c3ccccc3)(O1)O[Si]1(c3ccccc3)O[Si](O[Si](C)(C)CCC3CCC4OC4C3)(c3ccccc3)O[Si](c3ccccc3)(O[Si](O[Si](C)(C)CCC3CCC4OC4C3)(c3ccccc3)O1)O2. The van der Waals surface area contributed by atoms with Crippen molar-refractivity contribution in [2.75, 3.05) is 0 Å². The first-order valence-corrected chi connectivity index (χ1v) is 70.4. The van der Waals surface area contributed by atoms with E-state index in [1.807, 2.05) is 97.1 Å². The molecule has 7 heterocycles. The Balaban J connectivity index is 0.931. The van der Waals surface area contributed by atoms with E-state index in [-0.39, 0.29) is 0 Å². The molecule has 8 aromatic rings. The molecule has 5 aliphatic carbocycles. The Morgan fingerprint density at radius 2 is 0.441 bits per heavy atom. The molecular weight excluding hydrogens is 1680 g/mol. The van der Waals surface area contributed by atoms with E-state index in [0.717, 1.165) is 119 Å². The van der Waals surface area contributed by atoms with E-state index in [9.17, 15) is 41.2 Å². The van der Waals surface area contributed by atoms with Crippen LogP contribution in [-0.4, -0.2) is 140 Å². The van der Waals surface area contributed by atoms with Gasteiger partial charge in [0.2, 0.25) is 0 Å². The van der Waals surface area contributed by atoms with E-state index in [2.05, 4.69) is 198 Å². The minimum Gasteiger partial charge on any atom is -0.413 e. The van der Waals surface area contributed by atoms with Gasteiger partial charge in [-0.3, -0.25) is 0 Å². The average Bonchev–Trinajstić information content (AvgIpc) is 0.813. The summed E-state index contributed by atoms with van der Waals surface area (Å²) in [5, 5.41) is 4.92. The number of fused-ring (bicyclic) bond motifs is 8. The van der Waals surface area contributed by atoms with Gasteiger partial charge >= 0.3 is 70.4 Å². The van der Waals surface area contributed by atoms with Crippen LogP contribution in [0.3, 0.4) is 0 Å². The lowest BCUT2D eigenvalue weighted by atomic mass is 9.87. The third-order valence-corrected chi connectivity index (χ3v) is 75.9. The largest absolute Gasteiger partial charge is 0.515 e. The molecule has 20 rings (SSSR count). The number of hydrogen-bond donors (Lipinski definition) is 0. The second-order valence-corrected chi connectivity index (χ2v) is 79.1. The fraction of sp³-hybridized carbons (Fsp3) is 0.461. The minimum absolute atomic E-state index is 0.301. The Hall–Kier alpha value is -4.32. The van der Waals surface area contributed by atoms with Gasteiger partial charge in [-0.05, 0) is 189 Å². The van der Waals surface area contributed by atoms with Crippen molar-refractivity contribution in [3.63, 3.8) is 0 Å². The first-order chi connectivity index (χ1) is 56.9. The van der Waals surface area contributed by atoms with Gasteiger partial charge in [-0.25, -0.2) is 0 Å². The molecule has 4 bridgehead atoms. The molecule has 0 amide bonds. The topological polar surface area (TPSA) is 167 Å². The van der Waals surface area contributed by atoms with Crippen molar-refractivity contribution >= 4 is 145 Å². The van der Waals surface area contributed by atoms with E-state index >= 15 is 0 Å². The van der Waals surface area contributed by atoms with Crippen molar-refractivity contribution < 1.29 is 71.8 Å². The van der Waals surface area contributed by atoms with Gasteiger partial charge in [0.05, 0.1) is 36.6 Å². The van der Waals surface area contributed by atoms with E-state index in [4.69, 9.17) is 30.7 Å². The fourth-order valence-electron chi connectivity index (χ4n) is 20.1. The second-order valence-electron chi connectivity index (χ2n) is 38.1. The Labute approximate surface area is 712 Å². The summed E-state index contributed by atoms with van der Waals surface area (Å²) in [6, 6.07) is 85.6. The lowest BCUT2D eigenvalue weighted by Gasteiger charge is -2.58. The van der Waals surface area contributed by atoms with Crippen molar-refractivity contribution in [1.29, 1.82) is 0 Å². The Bertz CT molecular complexity index is 4110. The Morgan fingerprint density at radius 3 is 0.661 bits per heavy atom. The molecule has 12 aliphatic rings. The lowest BCUT2D eigenvalue weighted by Crippen LogP contribution is -2.91. The van der Waals surface area contributed by atoms with Crippen molar-refractivity contribution in [3.8, 4) is 0 Å². The van der Waals surface area contributed by atoms with E-state index in [0.29, 0.717) is 102 Å². The maximum Gasteiger partial charge on any atom is 0.515 e. The number of ether oxygens (including phenoxy) is 3. The zero-order chi connectivity index (χ0) is 80.7. The Morgan fingerprint density at radius 1 is 0.229 bits per heavy atom. The summed E-state index contributed by atoms with van der Waals surface area (Å²) >= 11 is 0. The minimum atomic E-state index is -5.47. The molecule has 0 N–H and O–H groups in total. The molecule has 29 heteroatoms. The molecule has 0 radical (unpaired) electrons. The Kier molecular flexibility index (Phi) is 23.4. The van der Waals surface area contributed by atoms with Crippen LogP contribution < -0.4 is 41.5 Å². The molecule has 0 aromatic heterocycles. The van der Waals surface area contributed by atoms with E-state index in [1.165, 1.54) is 25.7 Å². The van der Waals surface area contributed by atoms with Crippen LogP contribution in [0.4, 0.5) is 0 Å². The van der Waals surface area contributed by atoms with Gasteiger partial charge in [0.15, 0.2) is 33.3 Å². The van der Waals surface area contributed by atoms with Crippen LogP contribution >= 0.6 is 0 Å². The number of epoxide rings is 3. The molecule has 624 valence electrons. The second kappa shape index (κ2) is 33.2. The van der Waals surface area contributed by atoms with Gasteiger partial charge in [0.1, 0.15) is 0 Å². The van der Waals surface area contributed by atoms with Crippen molar-refractivity contribution in [2.24, 2.45) is 35.5 Å². The van der Waals surface area contributed by atoms with E-state index < -0.39 is 104 Å². The molecule has 7 aliphatic heterocycles. The van der Waals surface area contributed by atoms with Crippen LogP contribution in [0.15, 0.2) is 243 Å². The molecule has 5 saturated carbocycles. The molecule has 14 atom stereocenters. The summed E-state index contributed by atoms with van der Waals surface area (Å²) in [6.07, 6.45) is 20.3. The highest BCUT2D eigenvalue weighted by Gasteiger charge is 2.81. The number of hydrogen-bond acceptors (Lipinski definition) is 17. The standard InChI is InChI=1S/C89H118O17Si12/c1-107(2,61-57-70-49-53-74-69-75(74)65-70)93-111(76-33-17-9-18-34-76)97-115(80-41-25-13-26-42-80)99-112(77-35-19-10-20-36-77,94-108(3,4)62-58-71-50-54-84-87(66-71)90-84)100-116(98-111,81-43-27-14-28-44-81)106-118(83-47-31-16-32-48-83)102-113(78-37-21-11-22-38-78,95-109(5,6)63-59-72-51-55-85-88(67-72)91-85)101-117(105-115,82-45-29-15-30-46-82)103-114(104-118,79-39-23-12-24-40-79)96-110(7,8)64-60-73-52-56-86-89(68-73)92-86/h9-48,70-75,84-89H,49-69H2,1-8H3. The highest BCUT2D eigenvalue weighted by molar-refractivity contribution is 7.11. The normalized spacial score (nSPS) is 36.3. The van der Waals surface area contributed by atoms with Crippen molar-refractivity contribution in [2.45, 2.75) is 222 Å². The predicted molar refractivity (Wildman–Crippen MR) is 484 cm³/mol.